The molecule has 0 aliphatic heterocycles. The first-order valence-electron chi connectivity index (χ1n) is 9.10. The predicted molar refractivity (Wildman–Crippen MR) is 102 cm³/mol. The van der Waals surface area contributed by atoms with E-state index in [2.05, 4.69) is 17.2 Å². The van der Waals surface area contributed by atoms with Crippen molar-refractivity contribution in [3.8, 4) is 11.5 Å². The van der Waals surface area contributed by atoms with Gasteiger partial charge in [-0.2, -0.15) is 0 Å². The maximum atomic E-state index is 12.2. The standard InChI is InChI=1S/C20H28N2O5/c1-4-5-15-10-13(11-17(26-2)18(15)27-3)12-21-20(25)22-16-8-6-14(7-9-16)19(23)24/h4,10-11,14,16H,1,5-9,12H2,2-3H3,(H,23,24)(H2,21,22,25). The highest BCUT2D eigenvalue weighted by Gasteiger charge is 2.26. The monoisotopic (exact) mass is 376 g/mol. The molecule has 0 spiro atoms. The summed E-state index contributed by atoms with van der Waals surface area (Å²) < 4.78 is 10.8. The summed E-state index contributed by atoms with van der Waals surface area (Å²) in [6.07, 6.45) is 4.98. The average molecular weight is 376 g/mol. The van der Waals surface area contributed by atoms with Crippen LogP contribution in [0.2, 0.25) is 0 Å². The molecule has 1 aromatic rings. The Morgan fingerprint density at radius 3 is 2.48 bits per heavy atom. The molecule has 1 saturated carbocycles. The quantitative estimate of drug-likeness (QED) is 0.606. The van der Waals surface area contributed by atoms with Crippen LogP contribution in [-0.4, -0.2) is 37.4 Å². The number of carboxylic acids is 1. The Morgan fingerprint density at radius 2 is 1.93 bits per heavy atom. The Hall–Kier alpha value is -2.70. The highest BCUT2D eigenvalue weighted by molar-refractivity contribution is 5.74. The van der Waals surface area contributed by atoms with Crippen molar-refractivity contribution >= 4 is 12.0 Å². The van der Waals surface area contributed by atoms with Crippen molar-refractivity contribution < 1.29 is 24.2 Å². The number of benzene rings is 1. The summed E-state index contributed by atoms with van der Waals surface area (Å²) in [6, 6.07) is 3.56. The Kier molecular flexibility index (Phi) is 7.52. The van der Waals surface area contributed by atoms with Gasteiger partial charge >= 0.3 is 12.0 Å². The minimum absolute atomic E-state index is 0.0160. The first-order chi connectivity index (χ1) is 13.0. The van der Waals surface area contributed by atoms with Gasteiger partial charge in [-0.3, -0.25) is 4.79 Å². The molecule has 1 aliphatic rings. The lowest BCUT2D eigenvalue weighted by Crippen LogP contribution is -2.43. The minimum Gasteiger partial charge on any atom is -0.493 e. The van der Waals surface area contributed by atoms with Gasteiger partial charge in [-0.05, 0) is 49.8 Å². The van der Waals surface area contributed by atoms with Gasteiger partial charge in [0, 0.05) is 18.2 Å². The number of amides is 2. The number of carbonyl (C=O) groups is 2. The summed E-state index contributed by atoms with van der Waals surface area (Å²) in [4.78, 5) is 23.2. The van der Waals surface area contributed by atoms with Crippen molar-refractivity contribution in [2.75, 3.05) is 14.2 Å². The highest BCUT2D eigenvalue weighted by atomic mass is 16.5. The van der Waals surface area contributed by atoms with E-state index < -0.39 is 5.97 Å². The lowest BCUT2D eigenvalue weighted by Gasteiger charge is -2.26. The van der Waals surface area contributed by atoms with Crippen molar-refractivity contribution in [1.82, 2.24) is 10.6 Å². The Labute approximate surface area is 159 Å². The van der Waals surface area contributed by atoms with Crippen LogP contribution in [0.4, 0.5) is 4.79 Å². The number of urea groups is 1. The molecule has 0 aromatic heterocycles. The van der Waals surface area contributed by atoms with Crippen LogP contribution >= 0.6 is 0 Å². The second-order valence-electron chi connectivity index (χ2n) is 6.70. The number of aliphatic carboxylic acids is 1. The number of hydrogen-bond acceptors (Lipinski definition) is 4. The fraction of sp³-hybridized carbons (Fsp3) is 0.500. The molecule has 0 unspecified atom stereocenters. The number of nitrogens with one attached hydrogen (secondary N) is 2. The van der Waals surface area contributed by atoms with Crippen molar-refractivity contribution in [2.45, 2.75) is 44.7 Å². The van der Waals surface area contributed by atoms with Gasteiger partial charge in [-0.25, -0.2) is 4.79 Å². The van der Waals surface area contributed by atoms with E-state index in [1.165, 1.54) is 0 Å². The van der Waals surface area contributed by atoms with E-state index in [-0.39, 0.29) is 18.0 Å². The van der Waals surface area contributed by atoms with Crippen molar-refractivity contribution in [2.24, 2.45) is 5.92 Å². The van der Waals surface area contributed by atoms with E-state index in [4.69, 9.17) is 14.6 Å². The fourth-order valence-corrected chi connectivity index (χ4v) is 3.42. The third-order valence-corrected chi connectivity index (χ3v) is 4.84. The summed E-state index contributed by atoms with van der Waals surface area (Å²) in [5.74, 6) is 0.240. The smallest absolute Gasteiger partial charge is 0.315 e. The molecule has 2 amide bonds. The maximum Gasteiger partial charge on any atom is 0.315 e. The summed E-state index contributed by atoms with van der Waals surface area (Å²) in [5, 5.41) is 14.8. The molecular formula is C20H28N2O5. The molecule has 1 aromatic carbocycles. The second-order valence-corrected chi connectivity index (χ2v) is 6.70. The van der Waals surface area contributed by atoms with Gasteiger partial charge in [0.1, 0.15) is 0 Å². The van der Waals surface area contributed by atoms with Gasteiger partial charge in [-0.15, -0.1) is 6.58 Å². The van der Waals surface area contributed by atoms with E-state index in [0.29, 0.717) is 50.1 Å². The SMILES string of the molecule is C=CCc1cc(CNC(=O)NC2CCC(C(=O)O)CC2)cc(OC)c1OC. The summed E-state index contributed by atoms with van der Waals surface area (Å²) in [7, 11) is 3.17. The van der Waals surface area contributed by atoms with Crippen LogP contribution in [0.5, 0.6) is 11.5 Å². The fourth-order valence-electron chi connectivity index (χ4n) is 3.42. The maximum absolute atomic E-state index is 12.2. The van der Waals surface area contributed by atoms with Gasteiger partial charge in [0.15, 0.2) is 11.5 Å². The minimum atomic E-state index is -0.748. The summed E-state index contributed by atoms with van der Waals surface area (Å²) in [6.45, 7) is 4.11. The first-order valence-corrected chi connectivity index (χ1v) is 9.10. The Morgan fingerprint density at radius 1 is 1.22 bits per heavy atom. The second kappa shape index (κ2) is 9.85. The molecule has 2 rings (SSSR count). The summed E-state index contributed by atoms with van der Waals surface area (Å²) in [5.41, 5.74) is 1.84. The van der Waals surface area contributed by atoms with Crippen molar-refractivity contribution in [3.63, 3.8) is 0 Å². The molecule has 0 bridgehead atoms. The number of allylic oxidation sites excluding steroid dienone is 1. The molecule has 0 heterocycles. The van der Waals surface area contributed by atoms with Gasteiger partial charge in [0.2, 0.25) is 0 Å². The van der Waals surface area contributed by atoms with Crippen LogP contribution in [0.1, 0.15) is 36.8 Å². The number of carbonyl (C=O) groups excluding carboxylic acids is 1. The topological polar surface area (TPSA) is 96.9 Å². The number of hydrogen-bond donors (Lipinski definition) is 3. The van der Waals surface area contributed by atoms with Gasteiger partial charge in [0.05, 0.1) is 20.1 Å². The molecule has 0 atom stereocenters. The van der Waals surface area contributed by atoms with Crippen LogP contribution in [0.3, 0.4) is 0 Å². The van der Waals surface area contributed by atoms with Gasteiger partial charge < -0.3 is 25.2 Å². The molecule has 27 heavy (non-hydrogen) atoms. The normalized spacial score (nSPS) is 19.0. The number of ether oxygens (including phenoxy) is 2. The molecular weight excluding hydrogens is 348 g/mol. The molecule has 1 aliphatic carbocycles. The Bertz CT molecular complexity index is 681. The van der Waals surface area contributed by atoms with E-state index >= 15 is 0 Å². The molecule has 1 fully saturated rings. The zero-order chi connectivity index (χ0) is 19.8. The van der Waals surface area contributed by atoms with E-state index in [1.807, 2.05) is 12.1 Å². The molecule has 148 valence electrons. The number of methoxy groups -OCH3 is 2. The van der Waals surface area contributed by atoms with Crippen molar-refractivity contribution in [1.29, 1.82) is 0 Å². The largest absolute Gasteiger partial charge is 0.493 e. The molecule has 7 heteroatoms. The van der Waals surface area contributed by atoms with Crippen LogP contribution in [0.25, 0.3) is 0 Å². The third kappa shape index (κ3) is 5.64. The molecule has 3 N–H and O–H groups in total. The van der Waals surface area contributed by atoms with Gasteiger partial charge in [0.25, 0.3) is 0 Å². The van der Waals surface area contributed by atoms with Gasteiger partial charge in [-0.1, -0.05) is 6.08 Å². The van der Waals surface area contributed by atoms with Crippen LogP contribution < -0.4 is 20.1 Å². The zero-order valence-corrected chi connectivity index (χ0v) is 15.9. The van der Waals surface area contributed by atoms with Crippen LogP contribution in [0.15, 0.2) is 24.8 Å². The van der Waals surface area contributed by atoms with E-state index in [1.54, 1.807) is 20.3 Å². The number of carboxylic acid groups (broad SMARTS) is 1. The summed E-state index contributed by atoms with van der Waals surface area (Å²) >= 11 is 0. The highest BCUT2D eigenvalue weighted by Crippen LogP contribution is 2.33. The van der Waals surface area contributed by atoms with Crippen molar-refractivity contribution in [3.05, 3.63) is 35.9 Å². The predicted octanol–water partition coefficient (Wildman–Crippen LogP) is 2.87. The molecule has 7 nitrogen and oxygen atoms in total. The zero-order valence-electron chi connectivity index (χ0n) is 15.9. The lowest BCUT2D eigenvalue weighted by atomic mass is 9.86. The van der Waals surface area contributed by atoms with E-state index in [0.717, 1.165) is 11.1 Å². The first kappa shape index (κ1) is 20.6. The molecule has 0 radical (unpaired) electrons. The number of rotatable bonds is 8. The van der Waals surface area contributed by atoms with E-state index in [9.17, 15) is 9.59 Å². The average Bonchev–Trinajstić information content (AvgIpc) is 2.66. The lowest BCUT2D eigenvalue weighted by molar-refractivity contribution is -0.142. The van der Waals surface area contributed by atoms with Crippen LogP contribution in [0, 0.1) is 5.92 Å². The van der Waals surface area contributed by atoms with Crippen LogP contribution in [-0.2, 0) is 17.8 Å². The molecule has 0 saturated heterocycles. The third-order valence-electron chi connectivity index (χ3n) is 4.84. The Balaban J connectivity index is 1.92.